The Bertz CT molecular complexity index is 385. The number of hydrogen-bond donors (Lipinski definition) is 1. The number of hydrogen-bond acceptors (Lipinski definition) is 6. The van der Waals surface area contributed by atoms with Crippen molar-refractivity contribution in [2.75, 3.05) is 40.4 Å². The van der Waals surface area contributed by atoms with Gasteiger partial charge in [-0.15, -0.1) is 0 Å². The summed E-state index contributed by atoms with van der Waals surface area (Å²) in [6.45, 7) is 16.8. The van der Waals surface area contributed by atoms with Crippen molar-refractivity contribution in [1.29, 1.82) is 0 Å². The summed E-state index contributed by atoms with van der Waals surface area (Å²) in [5.41, 5.74) is 0.506. The first kappa shape index (κ1) is 23.6. The molecular formula is C17H32N2O4. The fraction of sp³-hybridized carbons (Fsp3) is 0.647. The topological polar surface area (TPSA) is 67.9 Å². The molecule has 6 heteroatoms. The van der Waals surface area contributed by atoms with Gasteiger partial charge in [0.25, 0.3) is 0 Å². The number of carbonyl (C=O) groups excluding carboxylic acids is 2. The molecule has 0 aliphatic rings. The van der Waals surface area contributed by atoms with Crippen molar-refractivity contribution in [3.8, 4) is 0 Å². The average molecular weight is 328 g/mol. The highest BCUT2D eigenvalue weighted by Crippen LogP contribution is 1.97. The number of nitrogens with zero attached hydrogens (tertiary/aromatic N) is 1. The van der Waals surface area contributed by atoms with Gasteiger partial charge in [-0.1, -0.05) is 13.2 Å². The van der Waals surface area contributed by atoms with E-state index in [2.05, 4.69) is 39.2 Å². The van der Waals surface area contributed by atoms with Crippen molar-refractivity contribution >= 4 is 11.9 Å². The molecule has 0 unspecified atom stereocenters. The Morgan fingerprint density at radius 2 is 1.74 bits per heavy atom. The molecule has 0 bridgehead atoms. The maximum atomic E-state index is 10.9. The minimum atomic E-state index is -0.359. The molecular weight excluding hydrogens is 296 g/mol. The van der Waals surface area contributed by atoms with Gasteiger partial charge in [-0.25, -0.2) is 9.59 Å². The van der Waals surface area contributed by atoms with Crippen molar-refractivity contribution < 1.29 is 19.1 Å². The smallest absolute Gasteiger partial charge is 0.333 e. The molecule has 0 aliphatic heterocycles. The van der Waals surface area contributed by atoms with Gasteiger partial charge in [0.1, 0.15) is 13.2 Å². The lowest BCUT2D eigenvalue weighted by Gasteiger charge is -2.20. The third-order valence-electron chi connectivity index (χ3n) is 2.29. The van der Waals surface area contributed by atoms with E-state index in [4.69, 9.17) is 9.47 Å². The second kappa shape index (κ2) is 12.8. The van der Waals surface area contributed by atoms with E-state index in [1.807, 2.05) is 19.0 Å². The van der Waals surface area contributed by atoms with Gasteiger partial charge in [0, 0.05) is 30.3 Å². The summed E-state index contributed by atoms with van der Waals surface area (Å²) in [5.74, 6) is -0.683. The van der Waals surface area contributed by atoms with Gasteiger partial charge in [-0.2, -0.15) is 0 Å². The molecule has 0 aromatic rings. The Labute approximate surface area is 140 Å². The highest BCUT2D eigenvalue weighted by atomic mass is 16.5. The van der Waals surface area contributed by atoms with Crippen LogP contribution in [0.4, 0.5) is 0 Å². The molecule has 0 aromatic heterocycles. The first-order valence-electron chi connectivity index (χ1n) is 7.51. The Kier molecular flexibility index (Phi) is 13.2. The molecule has 0 aromatic carbocycles. The monoisotopic (exact) mass is 328 g/mol. The molecule has 0 spiro atoms. The van der Waals surface area contributed by atoms with Crippen molar-refractivity contribution in [1.82, 2.24) is 10.2 Å². The standard InChI is InChI=1S/C10H19NO2.C7H13NO2/c1-8(2)9(12)13-7-6-11-10(3,4)5;1-4-7(9)10-6-5-8(2)3/h11H,1,6-7H2,2-5H3;4H,1,5-6H2,2-3H3. The van der Waals surface area contributed by atoms with E-state index in [1.165, 1.54) is 0 Å². The zero-order valence-corrected chi connectivity index (χ0v) is 15.4. The molecule has 0 aliphatic carbocycles. The van der Waals surface area contributed by atoms with Gasteiger partial charge in [-0.3, -0.25) is 0 Å². The molecule has 0 radical (unpaired) electrons. The third kappa shape index (κ3) is 20.3. The van der Waals surface area contributed by atoms with E-state index in [9.17, 15) is 9.59 Å². The van der Waals surface area contributed by atoms with Crippen molar-refractivity contribution in [3.05, 3.63) is 24.8 Å². The molecule has 0 saturated heterocycles. The molecule has 23 heavy (non-hydrogen) atoms. The number of esters is 2. The summed E-state index contributed by atoms with van der Waals surface area (Å²) in [6, 6.07) is 0. The van der Waals surface area contributed by atoms with Gasteiger partial charge in [0.2, 0.25) is 0 Å². The minimum absolute atomic E-state index is 0.0651. The zero-order chi connectivity index (χ0) is 18.5. The normalized spacial score (nSPS) is 10.4. The van der Waals surface area contributed by atoms with Crippen molar-refractivity contribution in [3.63, 3.8) is 0 Å². The highest BCUT2D eigenvalue weighted by molar-refractivity contribution is 5.86. The molecule has 1 N–H and O–H groups in total. The number of nitrogens with one attached hydrogen (secondary N) is 1. The summed E-state index contributed by atoms with van der Waals surface area (Å²) in [5, 5.41) is 3.21. The van der Waals surface area contributed by atoms with Crippen LogP contribution in [0.5, 0.6) is 0 Å². The first-order valence-corrected chi connectivity index (χ1v) is 7.51. The maximum absolute atomic E-state index is 10.9. The van der Waals surface area contributed by atoms with E-state index in [0.29, 0.717) is 25.3 Å². The molecule has 0 rings (SSSR count). The van der Waals surface area contributed by atoms with E-state index in [1.54, 1.807) is 6.92 Å². The average Bonchev–Trinajstić information content (AvgIpc) is 2.42. The summed E-state index contributed by atoms with van der Waals surface area (Å²) in [4.78, 5) is 23.3. The lowest BCUT2D eigenvalue weighted by Crippen LogP contribution is -2.38. The summed E-state index contributed by atoms with van der Waals surface area (Å²) in [7, 11) is 3.84. The van der Waals surface area contributed by atoms with Crippen molar-refractivity contribution in [2.45, 2.75) is 33.2 Å². The molecule has 0 atom stereocenters. The van der Waals surface area contributed by atoms with Crippen LogP contribution in [0.3, 0.4) is 0 Å². The van der Waals surface area contributed by atoms with Gasteiger partial charge in [0.05, 0.1) is 0 Å². The van der Waals surface area contributed by atoms with Crippen LogP contribution in [-0.2, 0) is 19.1 Å². The number of carbonyl (C=O) groups is 2. The Morgan fingerprint density at radius 1 is 1.17 bits per heavy atom. The second-order valence-electron chi connectivity index (χ2n) is 6.27. The van der Waals surface area contributed by atoms with Crippen LogP contribution in [0.15, 0.2) is 24.8 Å². The zero-order valence-electron chi connectivity index (χ0n) is 15.4. The van der Waals surface area contributed by atoms with Crippen LogP contribution >= 0.6 is 0 Å². The van der Waals surface area contributed by atoms with Gasteiger partial charge in [-0.05, 0) is 41.8 Å². The van der Waals surface area contributed by atoms with Crippen LogP contribution in [0.1, 0.15) is 27.7 Å². The lowest BCUT2D eigenvalue weighted by atomic mass is 10.1. The van der Waals surface area contributed by atoms with Crippen LogP contribution in [0.25, 0.3) is 0 Å². The predicted molar refractivity (Wildman–Crippen MR) is 93.2 cm³/mol. The number of likely N-dealkylation sites (N-methyl/N-ethyl adjacent to an activating group) is 1. The summed E-state index contributed by atoms with van der Waals surface area (Å²) >= 11 is 0. The maximum Gasteiger partial charge on any atom is 0.333 e. The van der Waals surface area contributed by atoms with E-state index < -0.39 is 0 Å². The third-order valence-corrected chi connectivity index (χ3v) is 2.29. The van der Waals surface area contributed by atoms with Crippen LogP contribution in [0.2, 0.25) is 0 Å². The summed E-state index contributed by atoms with van der Waals surface area (Å²) < 4.78 is 9.60. The lowest BCUT2D eigenvalue weighted by molar-refractivity contribution is -0.139. The van der Waals surface area contributed by atoms with Gasteiger partial charge in [0.15, 0.2) is 0 Å². The van der Waals surface area contributed by atoms with E-state index in [0.717, 1.165) is 12.6 Å². The Morgan fingerprint density at radius 3 is 2.13 bits per heavy atom. The Balaban J connectivity index is 0. The molecule has 0 amide bonds. The van der Waals surface area contributed by atoms with Crippen LogP contribution in [0, 0.1) is 0 Å². The van der Waals surface area contributed by atoms with E-state index >= 15 is 0 Å². The predicted octanol–water partition coefficient (Wildman–Crippen LogP) is 1.77. The number of rotatable bonds is 8. The molecule has 0 saturated carbocycles. The quantitative estimate of drug-likeness (QED) is 0.416. The molecule has 134 valence electrons. The second-order valence-corrected chi connectivity index (χ2v) is 6.27. The highest BCUT2D eigenvalue weighted by Gasteiger charge is 2.08. The molecule has 0 heterocycles. The fourth-order valence-electron chi connectivity index (χ4n) is 1.08. The summed E-state index contributed by atoms with van der Waals surface area (Å²) in [6.07, 6.45) is 1.16. The first-order chi connectivity index (χ1) is 10.5. The minimum Gasteiger partial charge on any atom is -0.461 e. The SMILES string of the molecule is C=C(C)C(=O)OCCNC(C)(C)C.C=CC(=O)OCCN(C)C. The van der Waals surface area contributed by atoms with Gasteiger partial charge >= 0.3 is 11.9 Å². The molecule has 0 fully saturated rings. The largest absolute Gasteiger partial charge is 0.461 e. The van der Waals surface area contributed by atoms with Crippen molar-refractivity contribution in [2.24, 2.45) is 0 Å². The molecule has 6 nitrogen and oxygen atoms in total. The van der Waals surface area contributed by atoms with Crippen LogP contribution in [-0.4, -0.2) is 62.8 Å². The van der Waals surface area contributed by atoms with Crippen LogP contribution < -0.4 is 5.32 Å². The Hall–Kier alpha value is -1.66. The van der Waals surface area contributed by atoms with E-state index in [-0.39, 0.29) is 17.5 Å². The van der Waals surface area contributed by atoms with Gasteiger partial charge < -0.3 is 19.7 Å². The fourth-order valence-corrected chi connectivity index (χ4v) is 1.08. The number of ether oxygens (including phenoxy) is 2.